The molecule has 5 atom stereocenters. The van der Waals surface area contributed by atoms with Gasteiger partial charge in [-0.3, -0.25) is 14.5 Å². The van der Waals surface area contributed by atoms with Crippen LogP contribution < -0.4 is 20.5 Å². The molecular weight excluding hydrogens is 602 g/mol. The zero-order valence-electron chi connectivity index (χ0n) is 28.1. The summed E-state index contributed by atoms with van der Waals surface area (Å²) < 4.78 is 22.9. The van der Waals surface area contributed by atoms with Gasteiger partial charge < -0.3 is 35.1 Å². The number of alkyl halides is 1. The van der Waals surface area contributed by atoms with Crippen LogP contribution in [0.15, 0.2) is 18.2 Å². The van der Waals surface area contributed by atoms with Crippen molar-refractivity contribution < 1.29 is 38.4 Å². The highest BCUT2D eigenvalue weighted by molar-refractivity contribution is 6.18. The topological polar surface area (TPSA) is 150 Å². The van der Waals surface area contributed by atoms with Crippen LogP contribution in [0.3, 0.4) is 0 Å². The van der Waals surface area contributed by atoms with E-state index in [-0.39, 0.29) is 36.1 Å². The molecule has 4 N–H and O–H groups in total. The number of carbonyl (C=O) groups is 3. The van der Waals surface area contributed by atoms with Gasteiger partial charge in [0.1, 0.15) is 6.23 Å². The van der Waals surface area contributed by atoms with Crippen LogP contribution in [0.25, 0.3) is 0 Å². The van der Waals surface area contributed by atoms with Crippen LogP contribution in [-0.4, -0.2) is 86.1 Å². The van der Waals surface area contributed by atoms with Crippen LogP contribution in [0.4, 0.5) is 4.79 Å². The second kappa shape index (κ2) is 17.8. The maximum Gasteiger partial charge on any atom is 0.409 e. The molecule has 0 spiro atoms. The number of primary amides is 1. The van der Waals surface area contributed by atoms with Crippen molar-refractivity contribution in [3.8, 4) is 11.5 Å². The number of nitrogens with one attached hydrogen (secondary N) is 1. The summed E-state index contributed by atoms with van der Waals surface area (Å²) in [5, 5.41) is 13.1. The Kier molecular flexibility index (Phi) is 15.2. The number of hydrogen-bond donors (Lipinski definition) is 3. The van der Waals surface area contributed by atoms with Crippen molar-refractivity contribution in [1.82, 2.24) is 10.2 Å². The van der Waals surface area contributed by atoms with Gasteiger partial charge in [-0.05, 0) is 68.6 Å². The highest BCUT2D eigenvalue weighted by Crippen LogP contribution is 2.37. The van der Waals surface area contributed by atoms with Crippen LogP contribution in [0.2, 0.25) is 0 Å². The largest absolute Gasteiger partial charge is 0.493 e. The number of methoxy groups -OCH3 is 2. The van der Waals surface area contributed by atoms with Crippen molar-refractivity contribution in [1.29, 1.82) is 0 Å². The molecule has 0 saturated carbocycles. The Bertz CT molecular complexity index is 1120. The number of ether oxygens (including phenoxy) is 4. The van der Waals surface area contributed by atoms with Crippen LogP contribution in [0.5, 0.6) is 11.5 Å². The molecule has 1 fully saturated rings. The third-order valence-corrected chi connectivity index (χ3v) is 9.01. The Labute approximate surface area is 273 Å². The summed E-state index contributed by atoms with van der Waals surface area (Å²) >= 11 is 6.22. The molecule has 0 bridgehead atoms. The van der Waals surface area contributed by atoms with Gasteiger partial charge in [0, 0.05) is 32.6 Å². The molecule has 1 aromatic rings. The molecule has 256 valence electrons. The minimum atomic E-state index is -1.11. The third kappa shape index (κ3) is 10.9. The Morgan fingerprint density at radius 1 is 1.09 bits per heavy atom. The number of rotatable bonds is 19. The van der Waals surface area contributed by atoms with Gasteiger partial charge in [-0.15, -0.1) is 11.6 Å². The summed E-state index contributed by atoms with van der Waals surface area (Å²) in [6.45, 7) is 12.7. The van der Waals surface area contributed by atoms with E-state index in [1.807, 2.05) is 32.0 Å². The van der Waals surface area contributed by atoms with E-state index in [2.05, 4.69) is 19.2 Å². The lowest BCUT2D eigenvalue weighted by Gasteiger charge is -2.33. The summed E-state index contributed by atoms with van der Waals surface area (Å²) in [5.74, 6) is 0.264. The first-order chi connectivity index (χ1) is 21.2. The third-order valence-electron chi connectivity index (χ3n) is 8.74. The predicted molar refractivity (Wildman–Crippen MR) is 174 cm³/mol. The Morgan fingerprint density at radius 3 is 2.31 bits per heavy atom. The first-order valence-electron chi connectivity index (χ1n) is 15.8. The molecule has 0 aliphatic carbocycles. The van der Waals surface area contributed by atoms with Crippen molar-refractivity contribution in [3.63, 3.8) is 0 Å². The van der Waals surface area contributed by atoms with Crippen LogP contribution in [-0.2, 0) is 25.5 Å². The smallest absolute Gasteiger partial charge is 0.409 e. The standard InChI is InChI=1S/C33H54ClN3O8/c1-20(2)23(14-22-10-11-26(43-8)28(15-22)44-13-9-12-42-7)16-25-27(45-29(18-34)37(25)32(40)41)17-24(21(3)4)30(38)36-19-33(5,6)31(35)39/h10-11,15,20-21,23-25,27,29H,9,12-14,16-19H2,1-8H3,(H2,35,39)(H,36,38)(H,40,41)/t23-,24+,25+,27+,29?/m1/s1. The lowest BCUT2D eigenvalue weighted by molar-refractivity contribution is -0.130. The van der Waals surface area contributed by atoms with Gasteiger partial charge in [0.25, 0.3) is 0 Å². The van der Waals surface area contributed by atoms with E-state index in [9.17, 15) is 19.5 Å². The van der Waals surface area contributed by atoms with Crippen molar-refractivity contribution >= 4 is 29.5 Å². The highest BCUT2D eigenvalue weighted by Gasteiger charge is 2.47. The number of halogens is 1. The second-order valence-corrected chi connectivity index (χ2v) is 13.5. The Morgan fingerprint density at radius 2 is 1.78 bits per heavy atom. The molecule has 11 nitrogen and oxygen atoms in total. The molecule has 1 aromatic carbocycles. The SMILES string of the molecule is COCCCOc1cc(C[C@H](C[C@H]2[C@H](C[C@H](C(=O)NCC(C)(C)C(N)=O)C(C)C)OC(CCl)N2C(=O)O)C(C)C)ccc1OC. The zero-order valence-corrected chi connectivity index (χ0v) is 28.9. The lowest BCUT2D eigenvalue weighted by atomic mass is 9.80. The minimum Gasteiger partial charge on any atom is -0.493 e. The average Bonchev–Trinajstić information content (AvgIpc) is 3.33. The maximum absolute atomic E-state index is 13.4. The van der Waals surface area contributed by atoms with Crippen LogP contribution in [0, 0.1) is 29.1 Å². The monoisotopic (exact) mass is 655 g/mol. The molecule has 45 heavy (non-hydrogen) atoms. The van der Waals surface area contributed by atoms with Gasteiger partial charge >= 0.3 is 6.09 Å². The number of carbonyl (C=O) groups excluding carboxylic acids is 2. The van der Waals surface area contributed by atoms with E-state index in [1.54, 1.807) is 28.1 Å². The zero-order chi connectivity index (χ0) is 33.9. The van der Waals surface area contributed by atoms with Gasteiger partial charge in [-0.2, -0.15) is 0 Å². The fraction of sp³-hybridized carbons (Fsp3) is 0.727. The van der Waals surface area contributed by atoms with Gasteiger partial charge in [-0.1, -0.05) is 33.8 Å². The number of amides is 3. The number of carboxylic acid groups (broad SMARTS) is 1. The van der Waals surface area contributed by atoms with Gasteiger partial charge in [0.2, 0.25) is 11.8 Å². The van der Waals surface area contributed by atoms with E-state index in [0.29, 0.717) is 44.0 Å². The first kappa shape index (κ1) is 38.4. The quantitative estimate of drug-likeness (QED) is 0.140. The van der Waals surface area contributed by atoms with E-state index >= 15 is 0 Å². The molecule has 1 aliphatic rings. The fourth-order valence-electron chi connectivity index (χ4n) is 5.61. The van der Waals surface area contributed by atoms with Gasteiger partial charge in [0.15, 0.2) is 11.5 Å². The summed E-state index contributed by atoms with van der Waals surface area (Å²) in [4.78, 5) is 39.0. The van der Waals surface area contributed by atoms with E-state index in [4.69, 9.17) is 36.3 Å². The molecule has 1 heterocycles. The minimum absolute atomic E-state index is 0.0285. The number of nitrogens with zero attached hydrogens (tertiary/aromatic N) is 1. The van der Waals surface area contributed by atoms with Crippen molar-refractivity contribution in [2.45, 2.75) is 85.6 Å². The Balaban J connectivity index is 2.33. The lowest BCUT2D eigenvalue weighted by Crippen LogP contribution is -2.47. The second-order valence-electron chi connectivity index (χ2n) is 13.2. The highest BCUT2D eigenvalue weighted by atomic mass is 35.5. The van der Waals surface area contributed by atoms with Crippen molar-refractivity contribution in [2.24, 2.45) is 34.8 Å². The molecular formula is C33H54ClN3O8. The average molecular weight is 656 g/mol. The van der Waals surface area contributed by atoms with Crippen LogP contribution >= 0.6 is 11.6 Å². The number of hydrogen-bond acceptors (Lipinski definition) is 7. The molecule has 12 heteroatoms. The molecule has 3 amide bonds. The van der Waals surface area contributed by atoms with E-state index in [0.717, 1.165) is 12.0 Å². The maximum atomic E-state index is 13.4. The van der Waals surface area contributed by atoms with Crippen LogP contribution in [0.1, 0.15) is 66.4 Å². The molecule has 0 radical (unpaired) electrons. The Hall–Kier alpha value is -2.76. The number of benzene rings is 1. The van der Waals surface area contributed by atoms with E-state index in [1.165, 1.54) is 4.90 Å². The summed E-state index contributed by atoms with van der Waals surface area (Å²) in [6, 6.07) is 5.35. The van der Waals surface area contributed by atoms with E-state index < -0.39 is 41.7 Å². The van der Waals surface area contributed by atoms with Gasteiger partial charge in [-0.25, -0.2) is 4.79 Å². The normalized spacial score (nSPS) is 19.9. The molecule has 1 saturated heterocycles. The van der Waals surface area contributed by atoms with Gasteiger partial charge in [0.05, 0.1) is 37.2 Å². The fourth-order valence-corrected chi connectivity index (χ4v) is 5.83. The first-order valence-corrected chi connectivity index (χ1v) is 16.3. The summed E-state index contributed by atoms with van der Waals surface area (Å²) in [5.41, 5.74) is 5.63. The van der Waals surface area contributed by atoms with Crippen molar-refractivity contribution in [3.05, 3.63) is 23.8 Å². The summed E-state index contributed by atoms with van der Waals surface area (Å²) in [6.07, 6.45) is -0.260. The number of nitrogens with two attached hydrogens (primary N) is 1. The molecule has 2 rings (SSSR count). The molecule has 0 aromatic heterocycles. The summed E-state index contributed by atoms with van der Waals surface area (Å²) in [7, 11) is 3.25. The molecule has 1 aliphatic heterocycles. The predicted octanol–water partition coefficient (Wildman–Crippen LogP) is 4.92. The molecule has 1 unspecified atom stereocenters. The van der Waals surface area contributed by atoms with Crippen molar-refractivity contribution in [2.75, 3.05) is 39.9 Å².